The van der Waals surface area contributed by atoms with Crippen molar-refractivity contribution >= 4 is 11.5 Å². The average Bonchev–Trinajstić information content (AvgIpc) is 2.64. The quantitative estimate of drug-likeness (QED) is 0.780. The van der Waals surface area contributed by atoms with Crippen LogP contribution >= 0.6 is 0 Å². The van der Waals surface area contributed by atoms with Gasteiger partial charge in [0.1, 0.15) is 5.82 Å². The molecule has 2 aromatic heterocycles. The molecule has 0 amide bonds. The van der Waals surface area contributed by atoms with Crippen molar-refractivity contribution in [3.8, 4) is 0 Å². The molecule has 0 unspecified atom stereocenters. The Balaban J connectivity index is 2.28. The zero-order valence-electron chi connectivity index (χ0n) is 8.94. The van der Waals surface area contributed by atoms with Crippen molar-refractivity contribution in [2.75, 3.05) is 11.9 Å². The fraction of sp³-hybridized carbons (Fsp3) is 0.400. The standard InChI is InChI=1S/C10H15N5/c1-10(2,7-11)14-8-4-6-15-9(13-8)3-5-12-15/h3-6H,7,11H2,1-2H3,(H,13,14). The van der Waals surface area contributed by atoms with E-state index in [1.165, 1.54) is 0 Å². The lowest BCUT2D eigenvalue weighted by atomic mass is 10.1. The van der Waals surface area contributed by atoms with E-state index in [1.54, 1.807) is 10.7 Å². The highest BCUT2D eigenvalue weighted by Gasteiger charge is 2.15. The molecular weight excluding hydrogens is 190 g/mol. The van der Waals surface area contributed by atoms with Gasteiger partial charge < -0.3 is 11.1 Å². The predicted molar refractivity (Wildman–Crippen MR) is 59.7 cm³/mol. The molecule has 15 heavy (non-hydrogen) atoms. The fourth-order valence-electron chi connectivity index (χ4n) is 1.28. The van der Waals surface area contributed by atoms with Crippen LogP contribution < -0.4 is 11.1 Å². The third-order valence-corrected chi connectivity index (χ3v) is 2.23. The third-order valence-electron chi connectivity index (χ3n) is 2.23. The van der Waals surface area contributed by atoms with Gasteiger partial charge in [0, 0.05) is 24.3 Å². The molecule has 0 radical (unpaired) electrons. The van der Waals surface area contributed by atoms with Gasteiger partial charge in [-0.1, -0.05) is 0 Å². The van der Waals surface area contributed by atoms with Crippen LogP contribution in [-0.4, -0.2) is 26.7 Å². The highest BCUT2D eigenvalue weighted by atomic mass is 15.2. The van der Waals surface area contributed by atoms with Crippen LogP contribution in [0.5, 0.6) is 0 Å². The number of nitrogens with two attached hydrogens (primary N) is 1. The molecule has 0 atom stereocenters. The van der Waals surface area contributed by atoms with Gasteiger partial charge in [-0.2, -0.15) is 5.10 Å². The summed E-state index contributed by atoms with van der Waals surface area (Å²) < 4.78 is 1.72. The summed E-state index contributed by atoms with van der Waals surface area (Å²) >= 11 is 0. The Morgan fingerprint density at radius 2 is 2.27 bits per heavy atom. The van der Waals surface area contributed by atoms with Crippen molar-refractivity contribution in [3.05, 3.63) is 24.5 Å². The SMILES string of the molecule is CC(C)(CN)Nc1ccn2nccc2n1. The summed E-state index contributed by atoms with van der Waals surface area (Å²) in [5.41, 5.74) is 6.32. The van der Waals surface area contributed by atoms with Gasteiger partial charge in [-0.05, 0) is 19.9 Å². The van der Waals surface area contributed by atoms with Crippen molar-refractivity contribution in [1.29, 1.82) is 0 Å². The van der Waals surface area contributed by atoms with Gasteiger partial charge in [-0.3, -0.25) is 0 Å². The fourth-order valence-corrected chi connectivity index (χ4v) is 1.28. The number of nitrogens with zero attached hydrogens (tertiary/aromatic N) is 3. The van der Waals surface area contributed by atoms with E-state index in [9.17, 15) is 0 Å². The second-order valence-electron chi connectivity index (χ2n) is 4.16. The molecule has 5 heteroatoms. The van der Waals surface area contributed by atoms with Crippen LogP contribution in [0.3, 0.4) is 0 Å². The largest absolute Gasteiger partial charge is 0.364 e. The molecule has 0 aliphatic carbocycles. The molecule has 0 aromatic carbocycles. The first-order valence-corrected chi connectivity index (χ1v) is 4.89. The van der Waals surface area contributed by atoms with Crippen LogP contribution in [0.2, 0.25) is 0 Å². The lowest BCUT2D eigenvalue weighted by molar-refractivity contribution is 0.577. The first kappa shape index (κ1) is 9.92. The molecule has 80 valence electrons. The topological polar surface area (TPSA) is 68.2 Å². The molecule has 2 aromatic rings. The van der Waals surface area contributed by atoms with E-state index in [-0.39, 0.29) is 5.54 Å². The Labute approximate surface area is 88.3 Å². The number of fused-ring (bicyclic) bond motifs is 1. The summed E-state index contributed by atoms with van der Waals surface area (Å²) in [4.78, 5) is 4.40. The summed E-state index contributed by atoms with van der Waals surface area (Å²) in [6.07, 6.45) is 3.59. The van der Waals surface area contributed by atoms with E-state index in [2.05, 4.69) is 15.4 Å². The zero-order chi connectivity index (χ0) is 10.9. The molecule has 0 aliphatic heterocycles. The summed E-state index contributed by atoms with van der Waals surface area (Å²) in [7, 11) is 0. The molecule has 0 saturated carbocycles. The van der Waals surface area contributed by atoms with Gasteiger partial charge in [0.05, 0.1) is 6.20 Å². The number of hydrogen-bond donors (Lipinski definition) is 2. The number of nitrogens with one attached hydrogen (secondary N) is 1. The molecule has 0 fully saturated rings. The average molecular weight is 205 g/mol. The van der Waals surface area contributed by atoms with Crippen LogP contribution in [0, 0.1) is 0 Å². The van der Waals surface area contributed by atoms with Crippen molar-refractivity contribution < 1.29 is 0 Å². The first-order valence-electron chi connectivity index (χ1n) is 4.89. The van der Waals surface area contributed by atoms with Gasteiger partial charge >= 0.3 is 0 Å². The smallest absolute Gasteiger partial charge is 0.157 e. The highest BCUT2D eigenvalue weighted by Crippen LogP contribution is 2.12. The highest BCUT2D eigenvalue weighted by molar-refractivity contribution is 5.46. The van der Waals surface area contributed by atoms with Gasteiger partial charge in [-0.25, -0.2) is 9.50 Å². The maximum atomic E-state index is 5.64. The van der Waals surface area contributed by atoms with Crippen molar-refractivity contribution in [2.24, 2.45) is 5.73 Å². The Kier molecular flexibility index (Phi) is 2.32. The summed E-state index contributed by atoms with van der Waals surface area (Å²) in [6.45, 7) is 4.63. The molecule has 0 spiro atoms. The van der Waals surface area contributed by atoms with Gasteiger partial charge in [0.15, 0.2) is 5.65 Å². The minimum absolute atomic E-state index is 0.147. The zero-order valence-corrected chi connectivity index (χ0v) is 8.94. The molecular formula is C10H15N5. The van der Waals surface area contributed by atoms with Crippen LogP contribution in [-0.2, 0) is 0 Å². The van der Waals surface area contributed by atoms with Crippen LogP contribution in [0.15, 0.2) is 24.5 Å². The third kappa shape index (κ3) is 2.07. The van der Waals surface area contributed by atoms with E-state index >= 15 is 0 Å². The molecule has 0 bridgehead atoms. The van der Waals surface area contributed by atoms with E-state index in [0.717, 1.165) is 11.5 Å². The van der Waals surface area contributed by atoms with Crippen molar-refractivity contribution in [1.82, 2.24) is 14.6 Å². The van der Waals surface area contributed by atoms with E-state index in [4.69, 9.17) is 5.73 Å². The van der Waals surface area contributed by atoms with Crippen LogP contribution in [0.1, 0.15) is 13.8 Å². The summed E-state index contributed by atoms with van der Waals surface area (Å²) in [6, 6.07) is 3.75. The molecule has 2 heterocycles. The minimum atomic E-state index is -0.147. The lowest BCUT2D eigenvalue weighted by Gasteiger charge is -2.24. The molecule has 2 rings (SSSR count). The molecule has 0 saturated heterocycles. The molecule has 5 nitrogen and oxygen atoms in total. The molecule has 0 aliphatic rings. The number of hydrogen-bond acceptors (Lipinski definition) is 4. The number of aromatic nitrogens is 3. The maximum absolute atomic E-state index is 5.64. The van der Waals surface area contributed by atoms with Gasteiger partial charge in [0.25, 0.3) is 0 Å². The van der Waals surface area contributed by atoms with Gasteiger partial charge in [-0.15, -0.1) is 0 Å². The monoisotopic (exact) mass is 205 g/mol. The predicted octanol–water partition coefficient (Wildman–Crippen LogP) is 0.878. The second kappa shape index (κ2) is 3.51. The Bertz CT molecular complexity index is 460. The second-order valence-corrected chi connectivity index (χ2v) is 4.16. The maximum Gasteiger partial charge on any atom is 0.157 e. The number of anilines is 1. The van der Waals surface area contributed by atoms with Crippen molar-refractivity contribution in [2.45, 2.75) is 19.4 Å². The van der Waals surface area contributed by atoms with E-state index in [0.29, 0.717) is 6.54 Å². The summed E-state index contributed by atoms with van der Waals surface area (Å²) in [5.74, 6) is 0.818. The Morgan fingerprint density at radius 1 is 1.47 bits per heavy atom. The van der Waals surface area contributed by atoms with Crippen LogP contribution in [0.4, 0.5) is 5.82 Å². The van der Waals surface area contributed by atoms with Crippen LogP contribution in [0.25, 0.3) is 5.65 Å². The summed E-state index contributed by atoms with van der Waals surface area (Å²) in [5, 5.41) is 7.35. The Morgan fingerprint density at radius 3 is 3.00 bits per heavy atom. The minimum Gasteiger partial charge on any atom is -0.364 e. The molecule has 3 N–H and O–H groups in total. The first-order chi connectivity index (χ1) is 7.11. The lowest BCUT2D eigenvalue weighted by Crippen LogP contribution is -2.39. The number of rotatable bonds is 3. The van der Waals surface area contributed by atoms with Gasteiger partial charge in [0.2, 0.25) is 0 Å². The normalized spacial score (nSPS) is 11.9. The van der Waals surface area contributed by atoms with E-state index in [1.807, 2.05) is 32.2 Å². The van der Waals surface area contributed by atoms with E-state index < -0.39 is 0 Å². The Hall–Kier alpha value is -1.62. The van der Waals surface area contributed by atoms with Crippen molar-refractivity contribution in [3.63, 3.8) is 0 Å².